The summed E-state index contributed by atoms with van der Waals surface area (Å²) in [6.07, 6.45) is 3.67. The van der Waals surface area contributed by atoms with E-state index in [-0.39, 0.29) is 5.37 Å². The third-order valence-corrected chi connectivity index (χ3v) is 4.43. The molecule has 1 fully saturated rings. The SMILES string of the molecule is CCCS(=O)(=O)C1CCCCN1. The number of sulfone groups is 1. The molecule has 0 aromatic heterocycles. The molecule has 1 heterocycles. The van der Waals surface area contributed by atoms with Crippen LogP contribution >= 0.6 is 0 Å². The van der Waals surface area contributed by atoms with Crippen LogP contribution in [0.3, 0.4) is 0 Å². The van der Waals surface area contributed by atoms with Crippen molar-refractivity contribution in [3.63, 3.8) is 0 Å². The summed E-state index contributed by atoms with van der Waals surface area (Å²) in [4.78, 5) is 0. The van der Waals surface area contributed by atoms with Crippen molar-refractivity contribution < 1.29 is 8.42 Å². The molecule has 0 radical (unpaired) electrons. The highest BCUT2D eigenvalue weighted by Crippen LogP contribution is 2.13. The van der Waals surface area contributed by atoms with E-state index in [0.29, 0.717) is 5.75 Å². The molecule has 0 aromatic carbocycles. The lowest BCUT2D eigenvalue weighted by molar-refractivity contribution is 0.461. The van der Waals surface area contributed by atoms with Crippen LogP contribution in [-0.4, -0.2) is 26.1 Å². The molecule has 0 bridgehead atoms. The summed E-state index contributed by atoms with van der Waals surface area (Å²) in [7, 11) is -2.84. The summed E-state index contributed by atoms with van der Waals surface area (Å²) in [5.74, 6) is 0.324. The third kappa shape index (κ3) is 2.45. The lowest BCUT2D eigenvalue weighted by Gasteiger charge is -2.23. The molecule has 0 aromatic rings. The zero-order valence-electron chi connectivity index (χ0n) is 7.54. The van der Waals surface area contributed by atoms with Gasteiger partial charge in [-0.25, -0.2) is 8.42 Å². The van der Waals surface area contributed by atoms with Gasteiger partial charge in [0.15, 0.2) is 9.84 Å². The summed E-state index contributed by atoms with van der Waals surface area (Å²) >= 11 is 0. The Balaban J connectivity index is 2.54. The zero-order valence-corrected chi connectivity index (χ0v) is 8.36. The van der Waals surface area contributed by atoms with Gasteiger partial charge in [-0.05, 0) is 32.2 Å². The predicted molar refractivity (Wildman–Crippen MR) is 49.7 cm³/mol. The zero-order chi connectivity index (χ0) is 9.03. The highest BCUT2D eigenvalue weighted by molar-refractivity contribution is 7.91. The predicted octanol–water partition coefficient (Wildman–Crippen LogP) is 0.911. The summed E-state index contributed by atoms with van der Waals surface area (Å²) in [6.45, 7) is 2.76. The van der Waals surface area contributed by atoms with Gasteiger partial charge >= 0.3 is 0 Å². The first-order valence-electron chi connectivity index (χ1n) is 4.62. The second kappa shape index (κ2) is 4.23. The van der Waals surface area contributed by atoms with Gasteiger partial charge in [0.25, 0.3) is 0 Å². The van der Waals surface area contributed by atoms with Crippen LogP contribution in [0.4, 0.5) is 0 Å². The molecule has 1 rings (SSSR count). The first-order valence-corrected chi connectivity index (χ1v) is 6.33. The van der Waals surface area contributed by atoms with E-state index in [1.807, 2.05) is 6.92 Å². The van der Waals surface area contributed by atoms with E-state index in [4.69, 9.17) is 0 Å². The van der Waals surface area contributed by atoms with E-state index >= 15 is 0 Å². The molecule has 1 aliphatic heterocycles. The third-order valence-electron chi connectivity index (χ3n) is 2.19. The Labute approximate surface area is 74.5 Å². The molecule has 1 aliphatic rings. The summed E-state index contributed by atoms with van der Waals surface area (Å²) in [5, 5.41) is 2.80. The van der Waals surface area contributed by atoms with Crippen LogP contribution in [0.25, 0.3) is 0 Å². The van der Waals surface area contributed by atoms with Gasteiger partial charge in [0.1, 0.15) is 5.37 Å². The van der Waals surface area contributed by atoms with Gasteiger partial charge in [-0.1, -0.05) is 6.92 Å². The van der Waals surface area contributed by atoms with Crippen LogP contribution in [0.5, 0.6) is 0 Å². The van der Waals surface area contributed by atoms with Gasteiger partial charge < -0.3 is 5.32 Å². The van der Waals surface area contributed by atoms with Crippen molar-refractivity contribution in [2.24, 2.45) is 0 Å². The number of nitrogens with one attached hydrogen (secondary N) is 1. The van der Waals surface area contributed by atoms with Crippen LogP contribution in [0, 0.1) is 0 Å². The summed E-state index contributed by atoms with van der Waals surface area (Å²) in [6, 6.07) is 0. The Morgan fingerprint density at radius 3 is 2.67 bits per heavy atom. The molecule has 0 aliphatic carbocycles. The van der Waals surface area contributed by atoms with Gasteiger partial charge in [-0.3, -0.25) is 0 Å². The van der Waals surface area contributed by atoms with E-state index in [9.17, 15) is 8.42 Å². The molecule has 0 spiro atoms. The van der Waals surface area contributed by atoms with Crippen molar-refractivity contribution in [3.05, 3.63) is 0 Å². The molecule has 4 heteroatoms. The largest absolute Gasteiger partial charge is 0.301 e. The van der Waals surface area contributed by atoms with Crippen LogP contribution in [0.2, 0.25) is 0 Å². The van der Waals surface area contributed by atoms with Crippen LogP contribution in [0.1, 0.15) is 32.6 Å². The molecule has 72 valence electrons. The molecule has 0 amide bonds. The topological polar surface area (TPSA) is 46.2 Å². The summed E-state index contributed by atoms with van der Waals surface area (Å²) in [5.41, 5.74) is 0. The Morgan fingerprint density at radius 1 is 1.42 bits per heavy atom. The second-order valence-electron chi connectivity index (χ2n) is 3.31. The molecule has 1 unspecified atom stereocenters. The second-order valence-corrected chi connectivity index (χ2v) is 5.61. The number of rotatable bonds is 3. The fourth-order valence-electron chi connectivity index (χ4n) is 1.55. The van der Waals surface area contributed by atoms with Crippen molar-refractivity contribution in [1.82, 2.24) is 5.32 Å². The summed E-state index contributed by atoms with van der Waals surface area (Å²) < 4.78 is 23.0. The van der Waals surface area contributed by atoms with Crippen LogP contribution < -0.4 is 5.32 Å². The molecular formula is C8H17NO2S. The van der Waals surface area contributed by atoms with Crippen molar-refractivity contribution in [1.29, 1.82) is 0 Å². The van der Waals surface area contributed by atoms with E-state index in [2.05, 4.69) is 5.32 Å². The van der Waals surface area contributed by atoms with Crippen molar-refractivity contribution in [2.75, 3.05) is 12.3 Å². The van der Waals surface area contributed by atoms with Gasteiger partial charge in [0.05, 0.1) is 5.75 Å². The maximum Gasteiger partial charge on any atom is 0.166 e. The van der Waals surface area contributed by atoms with E-state index in [0.717, 1.165) is 32.2 Å². The first-order chi connectivity index (χ1) is 5.67. The molecular weight excluding hydrogens is 174 g/mol. The fraction of sp³-hybridized carbons (Fsp3) is 1.00. The van der Waals surface area contributed by atoms with Gasteiger partial charge in [0, 0.05) is 0 Å². The van der Waals surface area contributed by atoms with E-state index in [1.165, 1.54) is 0 Å². The minimum absolute atomic E-state index is 0.258. The molecule has 0 saturated carbocycles. The highest BCUT2D eigenvalue weighted by Gasteiger charge is 2.25. The Morgan fingerprint density at radius 2 is 2.17 bits per heavy atom. The lowest BCUT2D eigenvalue weighted by Crippen LogP contribution is -2.41. The van der Waals surface area contributed by atoms with Gasteiger partial charge in [-0.2, -0.15) is 0 Å². The standard InChI is InChI=1S/C8H17NO2S/c1-2-7-12(10,11)8-5-3-4-6-9-8/h8-9H,2-7H2,1H3. The minimum atomic E-state index is -2.84. The van der Waals surface area contributed by atoms with Crippen molar-refractivity contribution in [2.45, 2.75) is 38.0 Å². The molecule has 1 atom stereocenters. The van der Waals surface area contributed by atoms with Gasteiger partial charge in [-0.15, -0.1) is 0 Å². The Bertz CT molecular complexity index is 217. The molecule has 3 nitrogen and oxygen atoms in total. The number of piperidine rings is 1. The molecule has 12 heavy (non-hydrogen) atoms. The molecule has 1 saturated heterocycles. The number of hydrogen-bond donors (Lipinski definition) is 1. The number of hydrogen-bond acceptors (Lipinski definition) is 3. The van der Waals surface area contributed by atoms with Crippen molar-refractivity contribution >= 4 is 9.84 Å². The van der Waals surface area contributed by atoms with Crippen molar-refractivity contribution in [3.8, 4) is 0 Å². The smallest absolute Gasteiger partial charge is 0.166 e. The monoisotopic (exact) mass is 191 g/mol. The van der Waals surface area contributed by atoms with E-state index in [1.54, 1.807) is 0 Å². The molecule has 1 N–H and O–H groups in total. The fourth-order valence-corrected chi connectivity index (χ4v) is 3.30. The van der Waals surface area contributed by atoms with Gasteiger partial charge in [0.2, 0.25) is 0 Å². The van der Waals surface area contributed by atoms with Crippen LogP contribution in [-0.2, 0) is 9.84 Å². The lowest BCUT2D eigenvalue weighted by atomic mass is 10.2. The average molecular weight is 191 g/mol. The maximum absolute atomic E-state index is 11.5. The Hall–Kier alpha value is -0.0900. The minimum Gasteiger partial charge on any atom is -0.301 e. The van der Waals surface area contributed by atoms with E-state index < -0.39 is 9.84 Å². The average Bonchev–Trinajstić information content (AvgIpc) is 2.06. The first kappa shape index (κ1) is 9.99. The quantitative estimate of drug-likeness (QED) is 0.721. The van der Waals surface area contributed by atoms with Crippen LogP contribution in [0.15, 0.2) is 0 Å². The Kier molecular flexibility index (Phi) is 3.53. The highest BCUT2D eigenvalue weighted by atomic mass is 32.2. The normalized spacial score (nSPS) is 25.6. The maximum atomic E-state index is 11.5.